The summed E-state index contributed by atoms with van der Waals surface area (Å²) in [5.41, 5.74) is 1.47. The van der Waals surface area contributed by atoms with E-state index < -0.39 is 6.04 Å². The van der Waals surface area contributed by atoms with Crippen molar-refractivity contribution >= 4 is 39.1 Å². The molecule has 2 heterocycles. The van der Waals surface area contributed by atoms with E-state index in [0.717, 1.165) is 10.2 Å². The number of nitrogens with zero attached hydrogens (tertiary/aromatic N) is 4. The van der Waals surface area contributed by atoms with Crippen LogP contribution in [0.4, 0.5) is 5.69 Å². The first-order chi connectivity index (χ1) is 12.4. The van der Waals surface area contributed by atoms with E-state index >= 15 is 0 Å². The fraction of sp³-hybridized carbons (Fsp3) is 0.235. The zero-order valence-electron chi connectivity index (χ0n) is 14.2. The van der Waals surface area contributed by atoms with Crippen LogP contribution in [0, 0.1) is 6.92 Å². The average molecular weight is 439 g/mol. The highest BCUT2D eigenvalue weighted by Gasteiger charge is 2.19. The first-order valence-corrected chi connectivity index (χ1v) is 9.02. The van der Waals surface area contributed by atoms with E-state index in [1.807, 2.05) is 19.1 Å². The molecule has 0 aliphatic carbocycles. The molecule has 0 bridgehead atoms. The molecule has 0 aliphatic heterocycles. The SMILES string of the molecule is Cc1c(Br)cnn1C(C)C(=O)Nc1cnn(COc2cccc(Cl)c2)c1. The Morgan fingerprint density at radius 1 is 1.38 bits per heavy atom. The molecule has 1 atom stereocenters. The summed E-state index contributed by atoms with van der Waals surface area (Å²) >= 11 is 9.31. The summed E-state index contributed by atoms with van der Waals surface area (Å²) in [7, 11) is 0. The lowest BCUT2D eigenvalue weighted by molar-refractivity contribution is -0.119. The van der Waals surface area contributed by atoms with Crippen LogP contribution in [0.5, 0.6) is 5.75 Å². The largest absolute Gasteiger partial charge is 0.471 e. The molecule has 0 fully saturated rings. The Kier molecular flexibility index (Phi) is 5.63. The van der Waals surface area contributed by atoms with Crippen LogP contribution in [-0.4, -0.2) is 25.5 Å². The number of carbonyl (C=O) groups excluding carboxylic acids is 1. The quantitative estimate of drug-likeness (QED) is 0.630. The molecule has 0 radical (unpaired) electrons. The van der Waals surface area contributed by atoms with Gasteiger partial charge in [0.15, 0.2) is 6.73 Å². The summed E-state index contributed by atoms with van der Waals surface area (Å²) in [6.07, 6.45) is 4.93. The van der Waals surface area contributed by atoms with E-state index in [1.54, 1.807) is 47.0 Å². The second-order valence-electron chi connectivity index (χ2n) is 5.69. The minimum absolute atomic E-state index is 0.181. The maximum atomic E-state index is 12.4. The van der Waals surface area contributed by atoms with Crippen LogP contribution in [0.1, 0.15) is 18.7 Å². The van der Waals surface area contributed by atoms with Crippen LogP contribution in [0.25, 0.3) is 0 Å². The Labute approximate surface area is 164 Å². The number of halogens is 2. The van der Waals surface area contributed by atoms with Crippen molar-refractivity contribution in [3.05, 3.63) is 58.0 Å². The number of amides is 1. The van der Waals surface area contributed by atoms with Gasteiger partial charge in [-0.25, -0.2) is 4.68 Å². The molecule has 1 N–H and O–H groups in total. The van der Waals surface area contributed by atoms with Crippen molar-refractivity contribution in [2.75, 3.05) is 5.32 Å². The molecule has 0 spiro atoms. The van der Waals surface area contributed by atoms with Gasteiger partial charge in [-0.15, -0.1) is 0 Å². The van der Waals surface area contributed by atoms with E-state index in [2.05, 4.69) is 31.4 Å². The summed E-state index contributed by atoms with van der Waals surface area (Å²) in [4.78, 5) is 12.4. The van der Waals surface area contributed by atoms with Crippen LogP contribution >= 0.6 is 27.5 Å². The van der Waals surface area contributed by atoms with Gasteiger partial charge in [-0.05, 0) is 48.0 Å². The number of benzene rings is 1. The zero-order chi connectivity index (χ0) is 18.7. The van der Waals surface area contributed by atoms with Gasteiger partial charge in [0.25, 0.3) is 0 Å². The molecule has 7 nitrogen and oxygen atoms in total. The maximum Gasteiger partial charge on any atom is 0.249 e. The molecule has 1 amide bonds. The van der Waals surface area contributed by atoms with Crippen molar-refractivity contribution in [1.82, 2.24) is 19.6 Å². The Morgan fingerprint density at radius 3 is 2.88 bits per heavy atom. The van der Waals surface area contributed by atoms with Gasteiger partial charge in [0, 0.05) is 5.02 Å². The van der Waals surface area contributed by atoms with Crippen molar-refractivity contribution < 1.29 is 9.53 Å². The highest BCUT2D eigenvalue weighted by atomic mass is 79.9. The number of ether oxygens (including phenoxy) is 1. The summed E-state index contributed by atoms with van der Waals surface area (Å²) in [6.45, 7) is 3.89. The first kappa shape index (κ1) is 18.5. The van der Waals surface area contributed by atoms with Gasteiger partial charge in [-0.3, -0.25) is 9.48 Å². The predicted molar refractivity (Wildman–Crippen MR) is 102 cm³/mol. The number of rotatable bonds is 6. The minimum Gasteiger partial charge on any atom is -0.471 e. The highest BCUT2D eigenvalue weighted by Crippen LogP contribution is 2.20. The number of carbonyl (C=O) groups is 1. The molecule has 0 saturated heterocycles. The van der Waals surface area contributed by atoms with E-state index in [0.29, 0.717) is 16.5 Å². The lowest BCUT2D eigenvalue weighted by atomic mass is 10.3. The molecule has 2 aromatic heterocycles. The van der Waals surface area contributed by atoms with Crippen molar-refractivity contribution in [3.8, 4) is 5.75 Å². The number of hydrogen-bond donors (Lipinski definition) is 1. The summed E-state index contributed by atoms with van der Waals surface area (Å²) in [5.74, 6) is 0.464. The topological polar surface area (TPSA) is 74.0 Å². The smallest absolute Gasteiger partial charge is 0.249 e. The summed E-state index contributed by atoms with van der Waals surface area (Å²) in [5, 5.41) is 11.8. The molecule has 1 aromatic carbocycles. The lowest BCUT2D eigenvalue weighted by Gasteiger charge is -2.13. The Bertz CT molecular complexity index is 924. The van der Waals surface area contributed by atoms with Gasteiger partial charge in [0.05, 0.1) is 34.4 Å². The number of anilines is 1. The van der Waals surface area contributed by atoms with E-state index in [4.69, 9.17) is 16.3 Å². The zero-order valence-corrected chi connectivity index (χ0v) is 16.5. The Balaban J connectivity index is 1.59. The van der Waals surface area contributed by atoms with Crippen LogP contribution in [0.3, 0.4) is 0 Å². The third kappa shape index (κ3) is 4.25. The van der Waals surface area contributed by atoms with Crippen LogP contribution in [-0.2, 0) is 11.5 Å². The molecular weight excluding hydrogens is 422 g/mol. The second kappa shape index (κ2) is 7.92. The molecule has 1 unspecified atom stereocenters. The number of hydrogen-bond acceptors (Lipinski definition) is 4. The van der Waals surface area contributed by atoms with Crippen LogP contribution in [0.15, 0.2) is 47.3 Å². The predicted octanol–water partition coefficient (Wildman–Crippen LogP) is 4.04. The average Bonchev–Trinajstić information content (AvgIpc) is 3.20. The first-order valence-electron chi connectivity index (χ1n) is 7.85. The molecule has 0 aliphatic rings. The van der Waals surface area contributed by atoms with Crippen molar-refractivity contribution in [3.63, 3.8) is 0 Å². The van der Waals surface area contributed by atoms with Gasteiger partial charge in [0.1, 0.15) is 11.8 Å². The normalized spacial score (nSPS) is 12.0. The lowest BCUT2D eigenvalue weighted by Crippen LogP contribution is -2.25. The van der Waals surface area contributed by atoms with Gasteiger partial charge in [-0.1, -0.05) is 17.7 Å². The van der Waals surface area contributed by atoms with Crippen molar-refractivity contribution in [2.24, 2.45) is 0 Å². The monoisotopic (exact) mass is 437 g/mol. The van der Waals surface area contributed by atoms with Gasteiger partial charge >= 0.3 is 0 Å². The van der Waals surface area contributed by atoms with Gasteiger partial charge < -0.3 is 10.1 Å². The van der Waals surface area contributed by atoms with E-state index in [1.165, 1.54) is 0 Å². The third-order valence-corrected chi connectivity index (χ3v) is 4.81. The second-order valence-corrected chi connectivity index (χ2v) is 6.98. The summed E-state index contributed by atoms with van der Waals surface area (Å²) < 4.78 is 9.71. The molecule has 3 rings (SSSR count). The maximum absolute atomic E-state index is 12.4. The molecular formula is C17H17BrClN5O2. The fourth-order valence-corrected chi connectivity index (χ4v) is 2.80. The third-order valence-electron chi connectivity index (χ3n) is 3.79. The van der Waals surface area contributed by atoms with Crippen molar-refractivity contribution in [2.45, 2.75) is 26.6 Å². The number of nitrogens with one attached hydrogen (secondary N) is 1. The van der Waals surface area contributed by atoms with Gasteiger partial charge in [-0.2, -0.15) is 10.2 Å². The molecule has 9 heteroatoms. The van der Waals surface area contributed by atoms with Gasteiger partial charge in [0.2, 0.25) is 5.91 Å². The van der Waals surface area contributed by atoms with Crippen LogP contribution in [0.2, 0.25) is 5.02 Å². The standard InChI is InChI=1S/C17H17BrClN5O2/c1-11-16(18)8-21-24(11)12(2)17(25)22-14-7-20-23(9-14)10-26-15-5-3-4-13(19)6-15/h3-9,12H,10H2,1-2H3,(H,22,25). The fourth-order valence-electron chi connectivity index (χ4n) is 2.35. The van der Waals surface area contributed by atoms with E-state index in [9.17, 15) is 4.79 Å². The molecule has 26 heavy (non-hydrogen) atoms. The highest BCUT2D eigenvalue weighted by molar-refractivity contribution is 9.10. The summed E-state index contributed by atoms with van der Waals surface area (Å²) in [6, 6.07) is 6.66. The van der Waals surface area contributed by atoms with Crippen LogP contribution < -0.4 is 10.1 Å². The molecule has 0 saturated carbocycles. The van der Waals surface area contributed by atoms with E-state index in [-0.39, 0.29) is 12.6 Å². The molecule has 3 aromatic rings. The Hall–Kier alpha value is -2.32. The van der Waals surface area contributed by atoms with Crippen molar-refractivity contribution in [1.29, 1.82) is 0 Å². The number of aromatic nitrogens is 4. The minimum atomic E-state index is -0.452. The molecule has 136 valence electrons. The Morgan fingerprint density at radius 2 is 2.19 bits per heavy atom.